The molecule has 3 heteroatoms. The molecule has 0 N–H and O–H groups in total. The molecule has 0 atom stereocenters. The lowest BCUT2D eigenvalue weighted by Crippen LogP contribution is -2.27. The van der Waals surface area contributed by atoms with Crippen molar-refractivity contribution in [2.24, 2.45) is 11.3 Å². The number of hydrogen-bond acceptors (Lipinski definition) is 3. The molecule has 2 fully saturated rings. The van der Waals surface area contributed by atoms with E-state index in [0.29, 0.717) is 11.5 Å². The highest BCUT2D eigenvalue weighted by Gasteiger charge is 2.45. The molecule has 3 nitrogen and oxygen atoms in total. The summed E-state index contributed by atoms with van der Waals surface area (Å²) < 4.78 is 6.20. The van der Waals surface area contributed by atoms with Crippen LogP contribution in [0.5, 0.6) is 5.88 Å². The third kappa shape index (κ3) is 2.50. The van der Waals surface area contributed by atoms with E-state index in [0.717, 1.165) is 22.7 Å². The zero-order valence-electron chi connectivity index (χ0n) is 12.6. The number of ether oxygens (including phenoxy) is 1. The molecule has 2 aromatic rings. The number of nitrogens with zero attached hydrogens (tertiary/aromatic N) is 2. The molecule has 2 aliphatic carbocycles. The maximum atomic E-state index is 6.20. The molecule has 1 aromatic heterocycles. The van der Waals surface area contributed by atoms with E-state index in [-0.39, 0.29) is 0 Å². The highest BCUT2D eigenvalue weighted by atomic mass is 16.5. The summed E-state index contributed by atoms with van der Waals surface area (Å²) in [5.74, 6) is 1.67. The first kappa shape index (κ1) is 13.1. The Labute approximate surface area is 125 Å². The van der Waals surface area contributed by atoms with Gasteiger partial charge in [0.05, 0.1) is 10.9 Å². The van der Waals surface area contributed by atoms with Crippen LogP contribution in [0.15, 0.2) is 30.6 Å². The average Bonchev–Trinajstić information content (AvgIpc) is 3.27. The fourth-order valence-electron chi connectivity index (χ4n) is 3.71. The lowest BCUT2D eigenvalue weighted by atomic mass is 9.78. The van der Waals surface area contributed by atoms with Gasteiger partial charge >= 0.3 is 0 Å². The number of benzene rings is 1. The molecule has 0 aliphatic heterocycles. The highest BCUT2D eigenvalue weighted by molar-refractivity contribution is 5.82. The van der Waals surface area contributed by atoms with Crippen LogP contribution in [-0.4, -0.2) is 16.1 Å². The molecular formula is C18H22N2O. The predicted octanol–water partition coefficient (Wildman–Crippen LogP) is 4.37. The van der Waals surface area contributed by atoms with Gasteiger partial charge in [0.1, 0.15) is 12.4 Å². The number of rotatable bonds is 3. The fourth-order valence-corrected chi connectivity index (χ4v) is 3.71. The van der Waals surface area contributed by atoms with Gasteiger partial charge in [-0.15, -0.1) is 0 Å². The summed E-state index contributed by atoms with van der Waals surface area (Å²) in [6.45, 7) is 2.46. The number of aromatic nitrogens is 2. The molecule has 1 aromatic carbocycles. The molecule has 2 saturated carbocycles. The van der Waals surface area contributed by atoms with E-state index in [1.807, 2.05) is 24.3 Å². The van der Waals surface area contributed by atoms with Crippen molar-refractivity contribution in [1.82, 2.24) is 9.97 Å². The van der Waals surface area contributed by atoms with Crippen LogP contribution in [0.2, 0.25) is 0 Å². The van der Waals surface area contributed by atoms with Crippen LogP contribution in [0.25, 0.3) is 10.9 Å². The van der Waals surface area contributed by atoms with Gasteiger partial charge in [0.2, 0.25) is 5.88 Å². The molecule has 4 rings (SSSR count). The molecule has 0 spiro atoms. The van der Waals surface area contributed by atoms with Crippen molar-refractivity contribution < 1.29 is 4.74 Å². The summed E-state index contributed by atoms with van der Waals surface area (Å²) in [6.07, 6.45) is 9.74. The zero-order chi connectivity index (χ0) is 14.3. The van der Waals surface area contributed by atoms with E-state index >= 15 is 0 Å². The van der Waals surface area contributed by atoms with Crippen LogP contribution in [0.3, 0.4) is 0 Å². The average molecular weight is 282 g/mol. The molecule has 0 saturated heterocycles. The monoisotopic (exact) mass is 282 g/mol. The van der Waals surface area contributed by atoms with Gasteiger partial charge in [-0.3, -0.25) is 0 Å². The molecule has 0 unspecified atom stereocenters. The Bertz CT molecular complexity index is 637. The highest BCUT2D eigenvalue weighted by Crippen LogP contribution is 2.56. The zero-order valence-corrected chi connectivity index (χ0v) is 12.6. The Balaban J connectivity index is 1.46. The largest absolute Gasteiger partial charge is 0.474 e. The number of fused-ring (bicyclic) bond motifs is 1. The summed E-state index contributed by atoms with van der Waals surface area (Å²) >= 11 is 0. The second kappa shape index (κ2) is 4.97. The normalized spacial score (nSPS) is 27.5. The molecule has 21 heavy (non-hydrogen) atoms. The van der Waals surface area contributed by atoms with E-state index in [2.05, 4.69) is 16.9 Å². The van der Waals surface area contributed by atoms with Crippen LogP contribution in [0, 0.1) is 11.3 Å². The van der Waals surface area contributed by atoms with Crippen molar-refractivity contribution in [1.29, 1.82) is 0 Å². The molecule has 0 bridgehead atoms. The Morgan fingerprint density at radius 1 is 1.05 bits per heavy atom. The topological polar surface area (TPSA) is 35.0 Å². The maximum Gasteiger partial charge on any atom is 0.224 e. The second-order valence-corrected chi connectivity index (χ2v) is 6.94. The molecule has 1 heterocycles. The Hall–Kier alpha value is -1.64. The Morgan fingerprint density at radius 2 is 1.81 bits per heavy atom. The number of hydrogen-bond donors (Lipinski definition) is 0. The summed E-state index contributed by atoms with van der Waals surface area (Å²) in [7, 11) is 0. The first-order chi connectivity index (χ1) is 10.2. The predicted molar refractivity (Wildman–Crippen MR) is 83.3 cm³/mol. The maximum absolute atomic E-state index is 6.20. The molecule has 2 aliphatic rings. The first-order valence-electron chi connectivity index (χ1n) is 8.11. The van der Waals surface area contributed by atoms with Crippen molar-refractivity contribution in [2.45, 2.75) is 51.6 Å². The Kier molecular flexibility index (Phi) is 3.09. The fraction of sp³-hybridized carbons (Fsp3) is 0.556. The van der Waals surface area contributed by atoms with Crippen molar-refractivity contribution in [3.8, 4) is 5.88 Å². The number of para-hydroxylation sites is 1. The SMILES string of the molecule is CC1(C2CCC(Oc3ncnc4ccccc34)CC2)CC1. The van der Waals surface area contributed by atoms with Crippen LogP contribution >= 0.6 is 0 Å². The van der Waals surface area contributed by atoms with Crippen molar-refractivity contribution >= 4 is 10.9 Å². The van der Waals surface area contributed by atoms with E-state index in [1.165, 1.54) is 38.5 Å². The van der Waals surface area contributed by atoms with E-state index in [1.54, 1.807) is 6.33 Å². The Morgan fingerprint density at radius 3 is 2.57 bits per heavy atom. The lowest BCUT2D eigenvalue weighted by molar-refractivity contribution is 0.105. The summed E-state index contributed by atoms with van der Waals surface area (Å²) in [6, 6.07) is 8.07. The summed E-state index contributed by atoms with van der Waals surface area (Å²) in [5.41, 5.74) is 1.62. The van der Waals surface area contributed by atoms with Gasteiger partial charge in [-0.25, -0.2) is 9.97 Å². The minimum absolute atomic E-state index is 0.321. The van der Waals surface area contributed by atoms with E-state index in [9.17, 15) is 0 Å². The van der Waals surface area contributed by atoms with Gasteiger partial charge in [-0.05, 0) is 62.0 Å². The van der Waals surface area contributed by atoms with Crippen LogP contribution in [-0.2, 0) is 0 Å². The third-order valence-electron chi connectivity index (χ3n) is 5.48. The molecule has 0 amide bonds. The summed E-state index contributed by atoms with van der Waals surface area (Å²) in [5, 5.41) is 1.02. The van der Waals surface area contributed by atoms with Gasteiger partial charge in [-0.1, -0.05) is 19.1 Å². The van der Waals surface area contributed by atoms with Crippen molar-refractivity contribution in [2.75, 3.05) is 0 Å². The van der Waals surface area contributed by atoms with Gasteiger partial charge in [0, 0.05) is 0 Å². The van der Waals surface area contributed by atoms with Gasteiger partial charge in [0.25, 0.3) is 0 Å². The standard InChI is InChI=1S/C18H22N2O/c1-18(10-11-18)13-6-8-14(9-7-13)21-17-15-4-2-3-5-16(15)19-12-20-17/h2-5,12-14H,6-11H2,1H3. The van der Waals surface area contributed by atoms with Crippen LogP contribution in [0.1, 0.15) is 45.4 Å². The molecule has 0 radical (unpaired) electrons. The second-order valence-electron chi connectivity index (χ2n) is 6.94. The lowest BCUT2D eigenvalue weighted by Gasteiger charge is -2.32. The van der Waals surface area contributed by atoms with Gasteiger partial charge < -0.3 is 4.74 Å². The van der Waals surface area contributed by atoms with Crippen molar-refractivity contribution in [3.63, 3.8) is 0 Å². The smallest absolute Gasteiger partial charge is 0.224 e. The minimum atomic E-state index is 0.321. The van der Waals surface area contributed by atoms with Crippen molar-refractivity contribution in [3.05, 3.63) is 30.6 Å². The van der Waals surface area contributed by atoms with Gasteiger partial charge in [-0.2, -0.15) is 0 Å². The van der Waals surface area contributed by atoms with Gasteiger partial charge in [0.15, 0.2) is 0 Å². The quantitative estimate of drug-likeness (QED) is 0.838. The third-order valence-corrected chi connectivity index (χ3v) is 5.48. The van der Waals surface area contributed by atoms with E-state index < -0.39 is 0 Å². The minimum Gasteiger partial charge on any atom is -0.474 e. The van der Waals surface area contributed by atoms with E-state index in [4.69, 9.17) is 4.74 Å². The van der Waals surface area contributed by atoms with Crippen LogP contribution < -0.4 is 4.74 Å². The summed E-state index contributed by atoms with van der Waals surface area (Å²) in [4.78, 5) is 8.64. The molecular weight excluding hydrogens is 260 g/mol. The first-order valence-corrected chi connectivity index (χ1v) is 8.11. The molecule has 110 valence electrons. The van der Waals surface area contributed by atoms with Crippen LogP contribution in [0.4, 0.5) is 0 Å².